The number of nitrogens with one attached hydrogen (secondary N) is 2. The molecule has 2 rings (SSSR count). The van der Waals surface area contributed by atoms with Gasteiger partial charge in [0, 0.05) is 31.1 Å². The fourth-order valence-electron chi connectivity index (χ4n) is 3.50. The Hall–Kier alpha value is -0.610. The summed E-state index contributed by atoms with van der Waals surface area (Å²) in [5.41, 5.74) is 0. The summed E-state index contributed by atoms with van der Waals surface area (Å²) in [5, 5.41) is 6.53. The molecule has 0 saturated carbocycles. The third-order valence-electron chi connectivity index (χ3n) is 4.86. The van der Waals surface area contributed by atoms with E-state index in [2.05, 4.69) is 29.4 Å². The first-order chi connectivity index (χ1) is 9.66. The lowest BCUT2D eigenvalue weighted by Crippen LogP contribution is -2.43. The summed E-state index contributed by atoms with van der Waals surface area (Å²) >= 11 is 0. The zero-order valence-electron chi connectivity index (χ0n) is 13.2. The lowest BCUT2D eigenvalue weighted by atomic mass is 9.92. The molecule has 0 aromatic heterocycles. The predicted octanol–water partition coefficient (Wildman–Crippen LogP) is 1.76. The lowest BCUT2D eigenvalue weighted by molar-refractivity contribution is -0.126. The van der Waals surface area contributed by atoms with Crippen molar-refractivity contribution in [1.29, 1.82) is 0 Å². The second-order valence-corrected chi connectivity index (χ2v) is 6.60. The number of nitrogens with zero attached hydrogens (tertiary/aromatic N) is 1. The Kier molecular flexibility index (Phi) is 6.30. The smallest absolute Gasteiger partial charge is 0.223 e. The number of carbonyl (C=O) groups is 1. The Labute approximate surface area is 123 Å². The molecule has 0 bridgehead atoms. The molecule has 2 aliphatic heterocycles. The van der Waals surface area contributed by atoms with E-state index in [0.29, 0.717) is 6.04 Å². The van der Waals surface area contributed by atoms with Gasteiger partial charge in [0.1, 0.15) is 0 Å². The van der Waals surface area contributed by atoms with E-state index >= 15 is 0 Å². The second-order valence-electron chi connectivity index (χ2n) is 6.60. The van der Waals surface area contributed by atoms with Gasteiger partial charge in [-0.2, -0.15) is 0 Å². The van der Waals surface area contributed by atoms with Crippen LogP contribution in [0.4, 0.5) is 0 Å². The van der Waals surface area contributed by atoms with Gasteiger partial charge < -0.3 is 15.5 Å². The summed E-state index contributed by atoms with van der Waals surface area (Å²) in [6, 6.07) is 1.21. The van der Waals surface area contributed by atoms with Gasteiger partial charge in [0.15, 0.2) is 0 Å². The number of rotatable bonds is 5. The maximum Gasteiger partial charge on any atom is 0.223 e. The number of amides is 1. The van der Waals surface area contributed by atoms with Crippen molar-refractivity contribution in [2.75, 3.05) is 26.2 Å². The molecule has 116 valence electrons. The third kappa shape index (κ3) is 4.74. The van der Waals surface area contributed by atoms with E-state index < -0.39 is 0 Å². The van der Waals surface area contributed by atoms with Gasteiger partial charge >= 0.3 is 0 Å². The molecule has 4 heteroatoms. The topological polar surface area (TPSA) is 44.4 Å². The Morgan fingerprint density at radius 1 is 1.30 bits per heavy atom. The lowest BCUT2D eigenvalue weighted by Gasteiger charge is -2.33. The summed E-state index contributed by atoms with van der Waals surface area (Å²) in [6.07, 6.45) is 7.09. The molecule has 2 N–H and O–H groups in total. The van der Waals surface area contributed by atoms with Gasteiger partial charge in [-0.05, 0) is 59.0 Å². The minimum Gasteiger partial charge on any atom is -0.356 e. The Morgan fingerprint density at radius 2 is 2.15 bits per heavy atom. The molecule has 0 aromatic rings. The molecule has 1 amide bonds. The van der Waals surface area contributed by atoms with Crippen molar-refractivity contribution in [2.45, 2.75) is 64.5 Å². The number of carbonyl (C=O) groups excluding carboxylic acids is 1. The average Bonchev–Trinajstić information content (AvgIpc) is 2.45. The van der Waals surface area contributed by atoms with Crippen molar-refractivity contribution in [3.63, 3.8) is 0 Å². The van der Waals surface area contributed by atoms with E-state index in [1.165, 1.54) is 25.8 Å². The summed E-state index contributed by atoms with van der Waals surface area (Å²) in [5.74, 6) is 0.491. The van der Waals surface area contributed by atoms with Crippen LogP contribution in [0, 0.1) is 5.92 Å². The Morgan fingerprint density at radius 3 is 2.90 bits per heavy atom. The van der Waals surface area contributed by atoms with Crippen LogP contribution in [-0.2, 0) is 4.79 Å². The largest absolute Gasteiger partial charge is 0.356 e. The molecule has 2 fully saturated rings. The van der Waals surface area contributed by atoms with Crippen LogP contribution in [0.5, 0.6) is 0 Å². The fourth-order valence-corrected chi connectivity index (χ4v) is 3.50. The van der Waals surface area contributed by atoms with E-state index in [1.54, 1.807) is 0 Å². The van der Waals surface area contributed by atoms with Crippen molar-refractivity contribution in [3.8, 4) is 0 Å². The zero-order valence-corrected chi connectivity index (χ0v) is 13.2. The molecular formula is C16H31N3O. The summed E-state index contributed by atoms with van der Waals surface area (Å²) < 4.78 is 0. The van der Waals surface area contributed by atoms with Gasteiger partial charge in [0.2, 0.25) is 5.91 Å². The van der Waals surface area contributed by atoms with Gasteiger partial charge in [0.05, 0.1) is 0 Å². The van der Waals surface area contributed by atoms with E-state index in [4.69, 9.17) is 0 Å². The molecule has 2 aliphatic rings. The molecule has 2 heterocycles. The number of hydrogen-bond acceptors (Lipinski definition) is 3. The van der Waals surface area contributed by atoms with Crippen LogP contribution in [-0.4, -0.2) is 49.1 Å². The van der Waals surface area contributed by atoms with Crippen LogP contribution in [0.15, 0.2) is 0 Å². The van der Waals surface area contributed by atoms with Gasteiger partial charge in [-0.15, -0.1) is 0 Å². The molecular weight excluding hydrogens is 250 g/mol. The minimum atomic E-state index is 0.222. The zero-order chi connectivity index (χ0) is 14.4. The van der Waals surface area contributed by atoms with Gasteiger partial charge in [-0.3, -0.25) is 4.79 Å². The molecule has 0 aliphatic carbocycles. The van der Waals surface area contributed by atoms with E-state index in [9.17, 15) is 4.79 Å². The second kappa shape index (κ2) is 7.99. The monoisotopic (exact) mass is 281 g/mol. The van der Waals surface area contributed by atoms with Crippen molar-refractivity contribution in [1.82, 2.24) is 15.5 Å². The molecule has 1 unspecified atom stereocenters. The van der Waals surface area contributed by atoms with Gasteiger partial charge in [-0.1, -0.05) is 6.42 Å². The molecule has 0 spiro atoms. The normalized spacial score (nSPS) is 32.0. The first-order valence-corrected chi connectivity index (χ1v) is 8.42. The van der Waals surface area contributed by atoms with Crippen molar-refractivity contribution in [3.05, 3.63) is 0 Å². The Bertz CT molecular complexity index is 308. The predicted molar refractivity (Wildman–Crippen MR) is 82.7 cm³/mol. The van der Waals surface area contributed by atoms with E-state index in [1.807, 2.05) is 0 Å². The molecule has 20 heavy (non-hydrogen) atoms. The maximum atomic E-state index is 12.1. The highest BCUT2D eigenvalue weighted by Gasteiger charge is 2.24. The van der Waals surface area contributed by atoms with Gasteiger partial charge in [0.25, 0.3) is 0 Å². The first-order valence-electron chi connectivity index (χ1n) is 8.42. The van der Waals surface area contributed by atoms with Crippen LogP contribution in [0.2, 0.25) is 0 Å². The first kappa shape index (κ1) is 15.8. The van der Waals surface area contributed by atoms with Crippen LogP contribution < -0.4 is 10.6 Å². The van der Waals surface area contributed by atoms with Crippen LogP contribution in [0.25, 0.3) is 0 Å². The number of likely N-dealkylation sites (tertiary alicyclic amines) is 1. The summed E-state index contributed by atoms with van der Waals surface area (Å²) in [6.45, 7) is 8.67. The third-order valence-corrected chi connectivity index (χ3v) is 4.86. The van der Waals surface area contributed by atoms with Crippen molar-refractivity contribution >= 4 is 5.91 Å². The quantitative estimate of drug-likeness (QED) is 0.755. The fraction of sp³-hybridized carbons (Fsp3) is 0.938. The molecule has 2 saturated heterocycles. The minimum absolute atomic E-state index is 0.222. The summed E-state index contributed by atoms with van der Waals surface area (Å²) in [4.78, 5) is 14.7. The standard InChI is InChI=1S/C16H31N3O/c1-13-12-15(7-9-17-13)16(20)18-8-5-11-19-10-4-3-6-14(19)2/h13-15,17H,3-12H2,1-2H3,(H,18,20)/t13-,14?,15-/m0/s1. The average molecular weight is 281 g/mol. The van der Waals surface area contributed by atoms with Gasteiger partial charge in [-0.25, -0.2) is 0 Å². The van der Waals surface area contributed by atoms with Crippen LogP contribution in [0.1, 0.15) is 52.4 Å². The van der Waals surface area contributed by atoms with Crippen molar-refractivity contribution < 1.29 is 4.79 Å². The molecule has 3 atom stereocenters. The number of piperidine rings is 2. The van der Waals surface area contributed by atoms with Crippen LogP contribution in [0.3, 0.4) is 0 Å². The maximum absolute atomic E-state index is 12.1. The highest BCUT2D eigenvalue weighted by atomic mass is 16.1. The summed E-state index contributed by atoms with van der Waals surface area (Å²) in [7, 11) is 0. The Balaban J connectivity index is 1.59. The SMILES string of the molecule is CC1CCCCN1CCCNC(=O)[C@H]1CCN[C@@H](C)C1. The van der Waals surface area contributed by atoms with E-state index in [0.717, 1.165) is 44.9 Å². The highest BCUT2D eigenvalue weighted by Crippen LogP contribution is 2.17. The molecule has 0 aromatic carbocycles. The molecule has 4 nitrogen and oxygen atoms in total. The van der Waals surface area contributed by atoms with Crippen LogP contribution >= 0.6 is 0 Å². The molecule has 0 radical (unpaired) electrons. The number of hydrogen-bond donors (Lipinski definition) is 2. The van der Waals surface area contributed by atoms with Crippen molar-refractivity contribution in [2.24, 2.45) is 5.92 Å². The van der Waals surface area contributed by atoms with E-state index in [-0.39, 0.29) is 11.8 Å². The highest BCUT2D eigenvalue weighted by molar-refractivity contribution is 5.78.